The van der Waals surface area contributed by atoms with Crippen molar-refractivity contribution in [2.75, 3.05) is 6.61 Å². The van der Waals surface area contributed by atoms with E-state index >= 15 is 0 Å². The van der Waals surface area contributed by atoms with Crippen molar-refractivity contribution in [2.24, 2.45) is 0 Å². The molecule has 2 amide bonds. The number of nitrogens with one attached hydrogen (secondary N) is 3. The molecule has 29 heavy (non-hydrogen) atoms. The van der Waals surface area contributed by atoms with Crippen LogP contribution in [0.15, 0.2) is 60.7 Å². The number of benzene rings is 2. The summed E-state index contributed by atoms with van der Waals surface area (Å²) in [5.74, 6) is 0.235. The molecule has 0 saturated carbocycles. The molecule has 0 radical (unpaired) electrons. The average molecular weight is 394 g/mol. The van der Waals surface area contributed by atoms with Gasteiger partial charge in [-0.3, -0.25) is 25.5 Å². The first kappa shape index (κ1) is 19.9. The smallest absolute Gasteiger partial charge is 0.287 e. The fourth-order valence-electron chi connectivity index (χ4n) is 2.52. The van der Waals surface area contributed by atoms with Gasteiger partial charge in [-0.15, -0.1) is 0 Å². The Kier molecular flexibility index (Phi) is 6.47. The van der Waals surface area contributed by atoms with Gasteiger partial charge in [-0.2, -0.15) is 5.10 Å². The van der Waals surface area contributed by atoms with Gasteiger partial charge in [0, 0.05) is 5.56 Å². The molecular weight excluding hydrogens is 372 g/mol. The summed E-state index contributed by atoms with van der Waals surface area (Å²) >= 11 is 0. The van der Waals surface area contributed by atoms with Crippen molar-refractivity contribution < 1.29 is 19.1 Å². The van der Waals surface area contributed by atoms with Crippen LogP contribution in [0.4, 0.5) is 0 Å². The first-order chi connectivity index (χ1) is 14.1. The minimum absolute atomic E-state index is 0.226. The van der Waals surface area contributed by atoms with E-state index in [1.165, 1.54) is 0 Å². The van der Waals surface area contributed by atoms with E-state index in [0.29, 0.717) is 18.1 Å². The normalized spacial score (nSPS) is 11.4. The lowest BCUT2D eigenvalue weighted by Crippen LogP contribution is -2.47. The third-order valence-electron chi connectivity index (χ3n) is 4.01. The van der Waals surface area contributed by atoms with Gasteiger partial charge < -0.3 is 9.47 Å². The Hall–Kier alpha value is -3.81. The Morgan fingerprint density at radius 2 is 1.72 bits per heavy atom. The van der Waals surface area contributed by atoms with Crippen LogP contribution in [0.1, 0.15) is 24.3 Å². The predicted octanol–water partition coefficient (Wildman–Crippen LogP) is 2.70. The second-order valence-corrected chi connectivity index (χ2v) is 6.14. The van der Waals surface area contributed by atoms with E-state index in [4.69, 9.17) is 9.47 Å². The molecule has 3 rings (SSSR count). The van der Waals surface area contributed by atoms with Crippen molar-refractivity contribution in [3.8, 4) is 22.8 Å². The molecule has 8 nitrogen and oxygen atoms in total. The van der Waals surface area contributed by atoms with Crippen LogP contribution >= 0.6 is 0 Å². The maximum Gasteiger partial charge on any atom is 0.287 e. The number of aromatic amines is 1. The molecule has 0 bridgehead atoms. The third kappa shape index (κ3) is 5.35. The average Bonchev–Trinajstić information content (AvgIpc) is 3.24. The van der Waals surface area contributed by atoms with Crippen molar-refractivity contribution in [3.63, 3.8) is 0 Å². The molecule has 0 aliphatic heterocycles. The summed E-state index contributed by atoms with van der Waals surface area (Å²) < 4.78 is 10.9. The first-order valence-electron chi connectivity index (χ1n) is 9.17. The minimum Gasteiger partial charge on any atom is -0.494 e. The van der Waals surface area contributed by atoms with Gasteiger partial charge in [0.25, 0.3) is 11.8 Å². The predicted molar refractivity (Wildman–Crippen MR) is 107 cm³/mol. The third-order valence-corrected chi connectivity index (χ3v) is 4.01. The Labute approximate surface area is 168 Å². The summed E-state index contributed by atoms with van der Waals surface area (Å²) in [5, 5.41) is 6.77. The molecule has 1 atom stereocenters. The lowest BCUT2D eigenvalue weighted by Gasteiger charge is -2.15. The Morgan fingerprint density at radius 3 is 2.41 bits per heavy atom. The quantitative estimate of drug-likeness (QED) is 0.535. The molecule has 3 aromatic rings. The van der Waals surface area contributed by atoms with Crippen LogP contribution in [-0.4, -0.2) is 34.7 Å². The molecule has 0 aliphatic rings. The minimum atomic E-state index is -0.810. The lowest BCUT2D eigenvalue weighted by molar-refractivity contribution is -0.128. The molecule has 3 N–H and O–H groups in total. The van der Waals surface area contributed by atoms with Crippen molar-refractivity contribution in [3.05, 3.63) is 66.4 Å². The van der Waals surface area contributed by atoms with E-state index in [1.807, 2.05) is 37.3 Å². The number of rotatable bonds is 7. The van der Waals surface area contributed by atoms with E-state index in [9.17, 15) is 9.59 Å². The fourth-order valence-corrected chi connectivity index (χ4v) is 2.52. The number of carbonyl (C=O) groups excluding carboxylic acids is 2. The van der Waals surface area contributed by atoms with Crippen LogP contribution in [0.3, 0.4) is 0 Å². The molecule has 8 heteroatoms. The van der Waals surface area contributed by atoms with Gasteiger partial charge in [0.15, 0.2) is 6.10 Å². The highest BCUT2D eigenvalue weighted by Crippen LogP contribution is 2.19. The number of hydrogen-bond acceptors (Lipinski definition) is 5. The fraction of sp³-hybridized carbons (Fsp3) is 0.190. The molecule has 1 unspecified atom stereocenters. The Bertz CT molecular complexity index is 954. The van der Waals surface area contributed by atoms with Crippen LogP contribution in [0.5, 0.6) is 11.5 Å². The molecule has 0 saturated heterocycles. The van der Waals surface area contributed by atoms with Crippen molar-refractivity contribution in [1.82, 2.24) is 21.0 Å². The Morgan fingerprint density at radius 1 is 1.03 bits per heavy atom. The monoisotopic (exact) mass is 394 g/mol. The summed E-state index contributed by atoms with van der Waals surface area (Å²) in [5.41, 5.74) is 6.43. The number of aromatic nitrogens is 2. The first-order valence-corrected chi connectivity index (χ1v) is 9.17. The zero-order valence-corrected chi connectivity index (χ0v) is 16.1. The van der Waals surface area contributed by atoms with E-state index in [-0.39, 0.29) is 5.69 Å². The van der Waals surface area contributed by atoms with Crippen molar-refractivity contribution in [1.29, 1.82) is 0 Å². The number of hydrogen-bond donors (Lipinski definition) is 3. The van der Waals surface area contributed by atoms with Crippen LogP contribution in [0, 0.1) is 0 Å². The number of nitrogens with zero attached hydrogens (tertiary/aromatic N) is 1. The molecule has 1 heterocycles. The van der Waals surface area contributed by atoms with Crippen LogP contribution < -0.4 is 20.3 Å². The second-order valence-electron chi connectivity index (χ2n) is 6.14. The summed E-state index contributed by atoms with van der Waals surface area (Å²) in [4.78, 5) is 24.4. The SMILES string of the molecule is CCOc1ccc(OC(C)C(=O)NNC(=O)c2cc(-c3ccccc3)n[nH]2)cc1. The summed E-state index contributed by atoms with van der Waals surface area (Å²) in [7, 11) is 0. The van der Waals surface area contributed by atoms with Gasteiger partial charge in [-0.1, -0.05) is 30.3 Å². The van der Waals surface area contributed by atoms with Crippen LogP contribution in [0.25, 0.3) is 11.3 Å². The molecule has 0 aliphatic carbocycles. The summed E-state index contributed by atoms with van der Waals surface area (Å²) in [6.07, 6.45) is -0.810. The van der Waals surface area contributed by atoms with E-state index in [2.05, 4.69) is 21.0 Å². The van der Waals surface area contributed by atoms with Crippen molar-refractivity contribution >= 4 is 11.8 Å². The lowest BCUT2D eigenvalue weighted by atomic mass is 10.1. The van der Waals surface area contributed by atoms with Gasteiger partial charge in [0.05, 0.1) is 12.3 Å². The largest absolute Gasteiger partial charge is 0.494 e. The number of carbonyl (C=O) groups is 2. The van der Waals surface area contributed by atoms with E-state index in [1.54, 1.807) is 37.3 Å². The standard InChI is InChI=1S/C21H22N4O4/c1-3-28-16-9-11-17(12-10-16)29-14(2)20(26)24-25-21(27)19-13-18(22-23-19)15-7-5-4-6-8-15/h4-14H,3H2,1-2H3,(H,22,23)(H,24,26)(H,25,27). The zero-order valence-electron chi connectivity index (χ0n) is 16.1. The van der Waals surface area contributed by atoms with Gasteiger partial charge in [-0.05, 0) is 44.2 Å². The molecular formula is C21H22N4O4. The number of H-pyrrole nitrogens is 1. The molecule has 1 aromatic heterocycles. The maximum absolute atomic E-state index is 12.2. The zero-order chi connectivity index (χ0) is 20.6. The summed E-state index contributed by atoms with van der Waals surface area (Å²) in [6, 6.07) is 18.0. The highest BCUT2D eigenvalue weighted by Gasteiger charge is 2.17. The highest BCUT2D eigenvalue weighted by molar-refractivity contribution is 5.95. The van der Waals surface area contributed by atoms with E-state index in [0.717, 1.165) is 11.3 Å². The highest BCUT2D eigenvalue weighted by atomic mass is 16.5. The molecule has 2 aromatic carbocycles. The summed E-state index contributed by atoms with van der Waals surface area (Å²) in [6.45, 7) is 4.06. The number of hydrazine groups is 1. The molecule has 0 fully saturated rings. The van der Waals surface area contributed by atoms with Crippen molar-refractivity contribution in [2.45, 2.75) is 20.0 Å². The van der Waals surface area contributed by atoms with Gasteiger partial charge in [0.1, 0.15) is 17.2 Å². The number of amides is 2. The topological polar surface area (TPSA) is 105 Å². The maximum atomic E-state index is 12.2. The van der Waals surface area contributed by atoms with Gasteiger partial charge >= 0.3 is 0 Å². The number of ether oxygens (including phenoxy) is 2. The van der Waals surface area contributed by atoms with Crippen LogP contribution in [-0.2, 0) is 4.79 Å². The van der Waals surface area contributed by atoms with Gasteiger partial charge in [0.2, 0.25) is 0 Å². The second kappa shape index (κ2) is 9.41. The Balaban J connectivity index is 1.50. The molecule has 0 spiro atoms. The molecule has 150 valence electrons. The van der Waals surface area contributed by atoms with Gasteiger partial charge in [-0.25, -0.2) is 0 Å². The van der Waals surface area contributed by atoms with E-state index < -0.39 is 17.9 Å². The van der Waals surface area contributed by atoms with Crippen LogP contribution in [0.2, 0.25) is 0 Å².